The van der Waals surface area contributed by atoms with Crippen molar-refractivity contribution in [2.24, 2.45) is 6.98 Å². The van der Waals surface area contributed by atoms with E-state index in [0.29, 0.717) is 51.8 Å². The van der Waals surface area contributed by atoms with E-state index in [2.05, 4.69) is 19.9 Å². The van der Waals surface area contributed by atoms with Gasteiger partial charge in [-0.1, -0.05) is 24.3 Å². The Balaban J connectivity index is 1.48. The monoisotopic (exact) mass is 499 g/mol. The number of aryl methyl sites for hydroxylation is 1. The molecular formula is C25H23F3N6O2. The summed E-state index contributed by atoms with van der Waals surface area (Å²) < 4.78 is 74.1. The van der Waals surface area contributed by atoms with Crippen molar-refractivity contribution in [3.63, 3.8) is 0 Å². The fraction of sp³-hybridized carbons (Fsp3) is 0.320. The van der Waals surface area contributed by atoms with Crippen molar-refractivity contribution < 1.29 is 26.8 Å². The van der Waals surface area contributed by atoms with Gasteiger partial charge in [-0.25, -0.2) is 24.9 Å². The third-order valence-corrected chi connectivity index (χ3v) is 5.85. The average molecular weight is 500 g/mol. The van der Waals surface area contributed by atoms with Crippen molar-refractivity contribution in [2.75, 3.05) is 14.2 Å². The zero-order valence-electron chi connectivity index (χ0n) is 22.4. The Bertz CT molecular complexity index is 1500. The van der Waals surface area contributed by atoms with Crippen LogP contribution in [0.1, 0.15) is 45.5 Å². The number of nitrogens with zero attached hydrogens (tertiary/aromatic N) is 6. The molecule has 186 valence electrons. The van der Waals surface area contributed by atoms with Gasteiger partial charge < -0.3 is 14.0 Å². The molecule has 4 aromatic rings. The molecule has 1 aliphatic rings. The lowest BCUT2D eigenvalue weighted by Gasteiger charge is -2.13. The highest BCUT2D eigenvalue weighted by atomic mass is 19.4. The molecule has 0 N–H and O–H groups in total. The molecule has 1 saturated carbocycles. The maximum Gasteiger partial charge on any atom is 0.434 e. The van der Waals surface area contributed by atoms with Crippen molar-refractivity contribution in [1.82, 2.24) is 29.5 Å². The van der Waals surface area contributed by atoms with E-state index < -0.39 is 18.8 Å². The third kappa shape index (κ3) is 4.60. The molecule has 0 amide bonds. The maximum atomic E-state index is 13.2. The number of imidazole rings is 1. The van der Waals surface area contributed by atoms with E-state index in [-0.39, 0.29) is 11.4 Å². The predicted molar refractivity (Wildman–Crippen MR) is 125 cm³/mol. The van der Waals surface area contributed by atoms with Gasteiger partial charge in [-0.2, -0.15) is 13.2 Å². The van der Waals surface area contributed by atoms with Gasteiger partial charge in [0, 0.05) is 35.2 Å². The van der Waals surface area contributed by atoms with Crippen LogP contribution in [0.15, 0.2) is 43.0 Å². The van der Waals surface area contributed by atoms with Crippen molar-refractivity contribution in [2.45, 2.75) is 31.4 Å². The summed E-state index contributed by atoms with van der Waals surface area (Å²) in [6, 6.07) is 6.39. The lowest BCUT2D eigenvalue weighted by molar-refractivity contribution is -0.140. The van der Waals surface area contributed by atoms with E-state index in [1.165, 1.54) is 32.7 Å². The summed E-state index contributed by atoms with van der Waals surface area (Å²) >= 11 is 0. The molecule has 0 saturated heterocycles. The van der Waals surface area contributed by atoms with Gasteiger partial charge in [0.25, 0.3) is 0 Å². The molecular weight excluding hydrogens is 473 g/mol. The molecule has 3 heterocycles. The number of aromatic nitrogens is 6. The van der Waals surface area contributed by atoms with Gasteiger partial charge in [0.2, 0.25) is 5.88 Å². The van der Waals surface area contributed by atoms with Gasteiger partial charge >= 0.3 is 6.18 Å². The molecule has 3 aromatic heterocycles. The number of methoxy groups -OCH3 is 2. The molecule has 1 fully saturated rings. The molecule has 8 nitrogen and oxygen atoms in total. The van der Waals surface area contributed by atoms with Crippen LogP contribution in [0.4, 0.5) is 13.2 Å². The quantitative estimate of drug-likeness (QED) is 0.360. The molecule has 0 unspecified atom stereocenters. The van der Waals surface area contributed by atoms with E-state index in [9.17, 15) is 13.2 Å². The first-order valence-corrected chi connectivity index (χ1v) is 11.0. The second-order valence-electron chi connectivity index (χ2n) is 8.32. The standard InChI is InChI=1S/C25H23F3N6O2/c1-34-12-19(25(26,27)28)33-23(34)16-6-4-14(5-7-16)10-17-18(35-2)11-29-22(32-17)20-21(15-8-9-15)30-13-31-24(20)36-3/h4-7,11-13,15H,8-10H2,1-3H3/i1D3. The molecule has 0 bridgehead atoms. The molecule has 0 radical (unpaired) electrons. The van der Waals surface area contributed by atoms with Crippen LogP contribution in [0.25, 0.3) is 22.8 Å². The Morgan fingerprint density at radius 2 is 1.83 bits per heavy atom. The van der Waals surface area contributed by atoms with Crippen molar-refractivity contribution in [3.8, 4) is 34.4 Å². The lowest BCUT2D eigenvalue weighted by atomic mass is 10.1. The van der Waals surface area contributed by atoms with Gasteiger partial charge in [-0.3, -0.25) is 0 Å². The Kier molecular flexibility index (Phi) is 5.17. The Hall–Kier alpha value is -4.02. The number of alkyl halides is 3. The maximum absolute atomic E-state index is 13.2. The van der Waals surface area contributed by atoms with E-state index >= 15 is 0 Å². The van der Waals surface area contributed by atoms with E-state index in [4.69, 9.17) is 18.6 Å². The molecule has 11 heteroatoms. The number of benzene rings is 1. The number of hydrogen-bond donors (Lipinski definition) is 0. The minimum absolute atomic E-state index is 0.223. The van der Waals surface area contributed by atoms with Crippen LogP contribution in [-0.2, 0) is 19.6 Å². The summed E-state index contributed by atoms with van der Waals surface area (Å²) in [5.74, 6) is 1.19. The van der Waals surface area contributed by atoms with Crippen LogP contribution in [-0.4, -0.2) is 43.7 Å². The van der Waals surface area contributed by atoms with Crippen molar-refractivity contribution in [3.05, 3.63) is 65.6 Å². The Labute approximate surface area is 209 Å². The molecule has 0 atom stereocenters. The van der Waals surface area contributed by atoms with E-state index in [1.54, 1.807) is 18.3 Å². The largest absolute Gasteiger partial charge is 0.493 e. The molecule has 1 aromatic carbocycles. The minimum atomic E-state index is -4.78. The topological polar surface area (TPSA) is 87.8 Å². The Morgan fingerprint density at radius 3 is 2.47 bits per heavy atom. The summed E-state index contributed by atoms with van der Waals surface area (Å²) in [4.78, 5) is 21.4. The fourth-order valence-electron chi connectivity index (χ4n) is 3.92. The number of ether oxygens (including phenoxy) is 2. The van der Waals surface area contributed by atoms with E-state index in [1.807, 2.05) is 0 Å². The SMILES string of the molecule is [2H]C([2H])([2H])n1cc(C(F)(F)F)nc1-c1ccc(Cc2nc(-c3c(OC)ncnc3C3CC3)ncc2OC)cc1. The van der Waals surface area contributed by atoms with Gasteiger partial charge in [0.15, 0.2) is 17.3 Å². The minimum Gasteiger partial charge on any atom is -0.493 e. The normalized spacial score (nSPS) is 15.2. The first kappa shape index (κ1) is 20.2. The molecule has 1 aliphatic carbocycles. The van der Waals surface area contributed by atoms with Crippen LogP contribution in [0.2, 0.25) is 0 Å². The second-order valence-corrected chi connectivity index (χ2v) is 8.32. The van der Waals surface area contributed by atoms with E-state index in [0.717, 1.165) is 24.1 Å². The van der Waals surface area contributed by atoms with Gasteiger partial charge in [0.05, 0.1) is 31.8 Å². The molecule has 36 heavy (non-hydrogen) atoms. The van der Waals surface area contributed by atoms with Crippen LogP contribution in [0.3, 0.4) is 0 Å². The highest BCUT2D eigenvalue weighted by Crippen LogP contribution is 2.45. The smallest absolute Gasteiger partial charge is 0.434 e. The molecule has 0 spiro atoms. The zero-order valence-corrected chi connectivity index (χ0v) is 19.4. The lowest BCUT2D eigenvalue weighted by Crippen LogP contribution is -2.05. The highest BCUT2D eigenvalue weighted by Gasteiger charge is 2.34. The van der Waals surface area contributed by atoms with Gasteiger partial charge in [0.1, 0.15) is 17.7 Å². The van der Waals surface area contributed by atoms with Crippen molar-refractivity contribution in [1.29, 1.82) is 0 Å². The van der Waals surface area contributed by atoms with Crippen LogP contribution in [0, 0.1) is 0 Å². The first-order chi connectivity index (χ1) is 18.5. The molecule has 5 rings (SSSR count). The predicted octanol–water partition coefficient (Wildman–Crippen LogP) is 4.84. The number of rotatable bonds is 7. The average Bonchev–Trinajstić information content (AvgIpc) is 3.63. The first-order valence-electron chi connectivity index (χ1n) is 12.5. The Morgan fingerprint density at radius 1 is 1.06 bits per heavy atom. The van der Waals surface area contributed by atoms with Crippen LogP contribution < -0.4 is 9.47 Å². The van der Waals surface area contributed by atoms with Crippen LogP contribution in [0.5, 0.6) is 11.6 Å². The van der Waals surface area contributed by atoms with Crippen molar-refractivity contribution >= 4 is 0 Å². The summed E-state index contributed by atoms with van der Waals surface area (Å²) in [6.45, 7) is -2.84. The molecule has 0 aliphatic heterocycles. The fourth-order valence-corrected chi connectivity index (χ4v) is 3.92. The highest BCUT2D eigenvalue weighted by molar-refractivity contribution is 5.66. The summed E-state index contributed by atoms with van der Waals surface area (Å²) in [5, 5.41) is 0. The third-order valence-electron chi connectivity index (χ3n) is 5.85. The summed E-state index contributed by atoms with van der Waals surface area (Å²) in [7, 11) is 3.02. The van der Waals surface area contributed by atoms with Gasteiger partial charge in [-0.15, -0.1) is 0 Å². The number of hydrogen-bond acceptors (Lipinski definition) is 7. The van der Waals surface area contributed by atoms with Gasteiger partial charge in [-0.05, 0) is 18.4 Å². The summed E-state index contributed by atoms with van der Waals surface area (Å²) in [6.07, 6.45) is 1.05. The second kappa shape index (κ2) is 9.21. The summed E-state index contributed by atoms with van der Waals surface area (Å²) in [5.41, 5.74) is 1.71. The van der Waals surface area contributed by atoms with Crippen LogP contribution >= 0.6 is 0 Å². The zero-order chi connectivity index (χ0) is 27.9. The number of halogens is 3.